The zero-order chi connectivity index (χ0) is 12.2. The van der Waals surface area contributed by atoms with Crippen molar-refractivity contribution in [1.82, 2.24) is 4.90 Å². The van der Waals surface area contributed by atoms with Crippen LogP contribution < -0.4 is 0 Å². The third kappa shape index (κ3) is 1.83. The van der Waals surface area contributed by atoms with Gasteiger partial charge in [0.15, 0.2) is 0 Å². The molecule has 0 radical (unpaired) electrons. The minimum absolute atomic E-state index is 0. The van der Waals surface area contributed by atoms with E-state index in [0.717, 1.165) is 12.0 Å². The van der Waals surface area contributed by atoms with Crippen LogP contribution in [0.25, 0.3) is 0 Å². The SMILES string of the molecule is Br.CN1CC[C@]23CCCC[C@H]2[C@H]1Cc1ccccc13. The minimum atomic E-state index is 0. The molecule has 1 saturated heterocycles. The number of benzene rings is 1. The van der Waals surface area contributed by atoms with Crippen molar-refractivity contribution >= 4 is 17.0 Å². The third-order valence-electron chi connectivity index (χ3n) is 6.02. The highest BCUT2D eigenvalue weighted by Crippen LogP contribution is 2.55. The van der Waals surface area contributed by atoms with Gasteiger partial charge in [0.2, 0.25) is 0 Å². The summed E-state index contributed by atoms with van der Waals surface area (Å²) in [6.07, 6.45) is 8.49. The van der Waals surface area contributed by atoms with Gasteiger partial charge in [-0.15, -0.1) is 17.0 Å². The van der Waals surface area contributed by atoms with E-state index >= 15 is 0 Å². The maximum atomic E-state index is 2.64. The second kappa shape index (κ2) is 4.89. The first-order valence-corrected chi connectivity index (χ1v) is 7.60. The fraction of sp³-hybridized carbons (Fsp3) is 0.647. The molecule has 3 atom stereocenters. The van der Waals surface area contributed by atoms with E-state index in [-0.39, 0.29) is 17.0 Å². The Kier molecular flexibility index (Phi) is 3.51. The van der Waals surface area contributed by atoms with Crippen LogP contribution in [0.1, 0.15) is 43.2 Å². The number of likely N-dealkylation sites (tertiary alicyclic amines) is 1. The number of piperidine rings is 1. The second-order valence-electron chi connectivity index (χ2n) is 6.67. The smallest absolute Gasteiger partial charge is 0.0169 e. The summed E-state index contributed by atoms with van der Waals surface area (Å²) in [4.78, 5) is 2.64. The van der Waals surface area contributed by atoms with Crippen molar-refractivity contribution in [3.05, 3.63) is 35.4 Å². The molecule has 1 heterocycles. The molecule has 19 heavy (non-hydrogen) atoms. The zero-order valence-corrected chi connectivity index (χ0v) is 13.5. The van der Waals surface area contributed by atoms with Crippen LogP contribution in [0.15, 0.2) is 24.3 Å². The maximum Gasteiger partial charge on any atom is 0.0169 e. The highest BCUT2D eigenvalue weighted by atomic mass is 79.9. The molecular formula is C17H24BrN. The van der Waals surface area contributed by atoms with Gasteiger partial charge in [-0.05, 0) is 56.3 Å². The van der Waals surface area contributed by atoms with Crippen molar-refractivity contribution in [3.63, 3.8) is 0 Å². The summed E-state index contributed by atoms with van der Waals surface area (Å²) in [5.41, 5.74) is 3.91. The van der Waals surface area contributed by atoms with Gasteiger partial charge >= 0.3 is 0 Å². The predicted octanol–water partition coefficient (Wildman–Crippen LogP) is 3.95. The fourth-order valence-corrected chi connectivity index (χ4v) is 5.16. The molecule has 0 unspecified atom stereocenters. The molecule has 1 saturated carbocycles. The third-order valence-corrected chi connectivity index (χ3v) is 6.02. The van der Waals surface area contributed by atoms with Gasteiger partial charge in [0.25, 0.3) is 0 Å². The molecule has 1 nitrogen and oxygen atoms in total. The molecule has 0 spiro atoms. The fourth-order valence-electron chi connectivity index (χ4n) is 5.16. The van der Waals surface area contributed by atoms with Crippen LogP contribution in [0, 0.1) is 5.92 Å². The molecular weight excluding hydrogens is 298 g/mol. The van der Waals surface area contributed by atoms with Crippen LogP contribution in [0.5, 0.6) is 0 Å². The Bertz CT molecular complexity index is 472. The summed E-state index contributed by atoms with van der Waals surface area (Å²) in [6.45, 7) is 1.30. The number of halogens is 1. The van der Waals surface area contributed by atoms with Gasteiger partial charge in [-0.3, -0.25) is 0 Å². The molecule has 2 heteroatoms. The zero-order valence-electron chi connectivity index (χ0n) is 11.8. The first-order valence-electron chi connectivity index (χ1n) is 7.60. The highest BCUT2D eigenvalue weighted by molar-refractivity contribution is 8.93. The average molecular weight is 322 g/mol. The number of hydrogen-bond donors (Lipinski definition) is 0. The monoisotopic (exact) mass is 321 g/mol. The Balaban J connectivity index is 0.00000110. The van der Waals surface area contributed by atoms with Crippen LogP contribution in [-0.4, -0.2) is 24.5 Å². The number of likely N-dealkylation sites (N-methyl/N-ethyl adjacent to an activating group) is 1. The van der Waals surface area contributed by atoms with Crippen molar-refractivity contribution in [1.29, 1.82) is 0 Å². The van der Waals surface area contributed by atoms with Crippen molar-refractivity contribution in [3.8, 4) is 0 Å². The molecule has 1 aromatic rings. The number of nitrogens with zero attached hydrogens (tertiary/aromatic N) is 1. The van der Waals surface area contributed by atoms with Crippen LogP contribution in [-0.2, 0) is 11.8 Å². The van der Waals surface area contributed by atoms with Crippen LogP contribution in [0.3, 0.4) is 0 Å². The summed E-state index contributed by atoms with van der Waals surface area (Å²) in [6, 6.07) is 10.1. The van der Waals surface area contributed by atoms with E-state index in [9.17, 15) is 0 Å². The van der Waals surface area contributed by atoms with Crippen molar-refractivity contribution in [2.45, 2.75) is 50.0 Å². The lowest BCUT2D eigenvalue weighted by molar-refractivity contribution is 0.00286. The van der Waals surface area contributed by atoms with Crippen molar-refractivity contribution < 1.29 is 0 Å². The standard InChI is InChI=1S/C17H23N.BrH/c1-18-11-10-17-9-5-4-8-15(17)16(18)12-13-6-2-3-7-14(13)17;/h2-3,6-7,15-16H,4-5,8-12H2,1H3;1H/t15-,16+,17-;/m0./s1. The Morgan fingerprint density at radius 3 is 2.89 bits per heavy atom. The number of rotatable bonds is 0. The first-order chi connectivity index (χ1) is 8.81. The number of fused-ring (bicyclic) bond motifs is 1. The summed E-state index contributed by atoms with van der Waals surface area (Å²) >= 11 is 0. The van der Waals surface area contributed by atoms with Crippen LogP contribution in [0.4, 0.5) is 0 Å². The first kappa shape index (κ1) is 13.6. The van der Waals surface area contributed by atoms with Gasteiger partial charge in [0.1, 0.15) is 0 Å². The summed E-state index contributed by atoms with van der Waals surface area (Å²) in [7, 11) is 2.34. The Hall–Kier alpha value is -0.340. The highest BCUT2D eigenvalue weighted by Gasteiger charge is 2.52. The van der Waals surface area contributed by atoms with E-state index in [1.54, 1.807) is 11.1 Å². The van der Waals surface area contributed by atoms with Gasteiger partial charge in [0.05, 0.1) is 0 Å². The molecule has 1 aliphatic heterocycles. The molecule has 0 N–H and O–H groups in total. The topological polar surface area (TPSA) is 3.24 Å². The van der Waals surface area contributed by atoms with E-state index in [2.05, 4.69) is 36.2 Å². The summed E-state index contributed by atoms with van der Waals surface area (Å²) in [5.74, 6) is 0.930. The lowest BCUT2D eigenvalue weighted by Crippen LogP contribution is -2.59. The van der Waals surface area contributed by atoms with Gasteiger partial charge < -0.3 is 4.90 Å². The van der Waals surface area contributed by atoms with Gasteiger partial charge in [-0.2, -0.15) is 0 Å². The predicted molar refractivity (Wildman–Crippen MR) is 85.1 cm³/mol. The molecule has 2 aliphatic carbocycles. The Morgan fingerprint density at radius 2 is 2.00 bits per heavy atom. The molecule has 0 amide bonds. The minimum Gasteiger partial charge on any atom is -0.303 e. The normalized spacial score (nSPS) is 36.9. The van der Waals surface area contributed by atoms with Crippen molar-refractivity contribution in [2.75, 3.05) is 13.6 Å². The molecule has 2 fully saturated rings. The molecule has 3 aliphatic rings. The molecule has 1 aromatic carbocycles. The Morgan fingerprint density at radius 1 is 1.16 bits per heavy atom. The second-order valence-corrected chi connectivity index (χ2v) is 6.67. The lowest BCUT2D eigenvalue weighted by atomic mass is 9.52. The van der Waals surface area contributed by atoms with Gasteiger partial charge in [-0.1, -0.05) is 37.1 Å². The van der Waals surface area contributed by atoms with Crippen LogP contribution >= 0.6 is 17.0 Å². The summed E-state index contributed by atoms with van der Waals surface area (Å²) < 4.78 is 0. The number of hydrogen-bond acceptors (Lipinski definition) is 1. The quantitative estimate of drug-likeness (QED) is 0.699. The van der Waals surface area contributed by atoms with E-state index in [4.69, 9.17) is 0 Å². The van der Waals surface area contributed by atoms with E-state index < -0.39 is 0 Å². The average Bonchev–Trinajstić information content (AvgIpc) is 2.43. The molecule has 104 valence electrons. The largest absolute Gasteiger partial charge is 0.303 e. The van der Waals surface area contributed by atoms with E-state index in [1.165, 1.54) is 45.1 Å². The van der Waals surface area contributed by atoms with Gasteiger partial charge in [-0.25, -0.2) is 0 Å². The Labute approximate surface area is 127 Å². The van der Waals surface area contributed by atoms with E-state index in [0.29, 0.717) is 5.41 Å². The molecule has 4 rings (SSSR count). The van der Waals surface area contributed by atoms with E-state index in [1.807, 2.05) is 0 Å². The molecule has 0 aromatic heterocycles. The maximum absolute atomic E-state index is 2.64. The lowest BCUT2D eigenvalue weighted by Gasteiger charge is -2.58. The molecule has 2 bridgehead atoms. The van der Waals surface area contributed by atoms with Gasteiger partial charge in [0, 0.05) is 11.5 Å². The van der Waals surface area contributed by atoms with Crippen LogP contribution in [0.2, 0.25) is 0 Å². The summed E-state index contributed by atoms with van der Waals surface area (Å²) in [5, 5.41) is 0. The van der Waals surface area contributed by atoms with Crippen molar-refractivity contribution in [2.24, 2.45) is 5.92 Å².